The number of amides is 1. The molecule has 154 valence electrons. The van der Waals surface area contributed by atoms with Crippen LogP contribution in [0.5, 0.6) is 0 Å². The van der Waals surface area contributed by atoms with Gasteiger partial charge in [-0.15, -0.1) is 0 Å². The van der Waals surface area contributed by atoms with Crippen molar-refractivity contribution < 1.29 is 18.7 Å². The van der Waals surface area contributed by atoms with Gasteiger partial charge >= 0.3 is 5.97 Å². The van der Waals surface area contributed by atoms with Crippen LogP contribution in [0, 0.1) is 11.7 Å². The Bertz CT molecular complexity index is 898. The Hall–Kier alpha value is -2.74. The SMILES string of the molecule is CC[C@H]1[C@@H](C(=O)OC)C[C@H]2CN(Cc3cn[nH]c3-c3ccc(F)cc3)CC(=O)N21. The Kier molecular flexibility index (Phi) is 5.36. The van der Waals surface area contributed by atoms with Crippen LogP contribution in [0.1, 0.15) is 25.3 Å². The number of nitrogens with zero attached hydrogens (tertiary/aromatic N) is 3. The van der Waals surface area contributed by atoms with E-state index in [1.807, 2.05) is 11.8 Å². The third-order valence-electron chi connectivity index (χ3n) is 6.02. The van der Waals surface area contributed by atoms with E-state index in [1.54, 1.807) is 18.3 Å². The number of carbonyl (C=O) groups excluding carboxylic acids is 2. The van der Waals surface area contributed by atoms with Crippen LogP contribution < -0.4 is 0 Å². The molecule has 29 heavy (non-hydrogen) atoms. The molecule has 3 atom stereocenters. The average molecular weight is 400 g/mol. The van der Waals surface area contributed by atoms with Crippen molar-refractivity contribution in [1.82, 2.24) is 20.0 Å². The van der Waals surface area contributed by atoms with Crippen molar-refractivity contribution in [1.29, 1.82) is 0 Å². The van der Waals surface area contributed by atoms with Gasteiger partial charge in [-0.25, -0.2) is 4.39 Å². The first kappa shape index (κ1) is 19.6. The number of fused-ring (bicyclic) bond motifs is 1. The smallest absolute Gasteiger partial charge is 0.310 e. The fourth-order valence-electron chi connectivity index (χ4n) is 4.76. The number of benzene rings is 1. The molecule has 8 heteroatoms. The Morgan fingerprint density at radius 1 is 1.34 bits per heavy atom. The predicted molar refractivity (Wildman–Crippen MR) is 104 cm³/mol. The number of hydrogen-bond acceptors (Lipinski definition) is 5. The molecule has 2 aliphatic heterocycles. The lowest BCUT2D eigenvalue weighted by Gasteiger charge is -2.39. The minimum atomic E-state index is -0.289. The van der Waals surface area contributed by atoms with Crippen LogP contribution in [0.4, 0.5) is 4.39 Å². The van der Waals surface area contributed by atoms with E-state index in [0.29, 0.717) is 26.1 Å². The summed E-state index contributed by atoms with van der Waals surface area (Å²) >= 11 is 0. The van der Waals surface area contributed by atoms with Gasteiger partial charge in [-0.05, 0) is 37.1 Å². The van der Waals surface area contributed by atoms with Crippen molar-refractivity contribution in [3.8, 4) is 11.3 Å². The number of nitrogens with one attached hydrogen (secondary N) is 1. The lowest BCUT2D eigenvalue weighted by Crippen LogP contribution is -2.55. The zero-order valence-electron chi connectivity index (χ0n) is 16.6. The molecule has 0 spiro atoms. The van der Waals surface area contributed by atoms with Crippen LogP contribution in [0.15, 0.2) is 30.5 Å². The number of halogens is 1. The Morgan fingerprint density at radius 3 is 2.79 bits per heavy atom. The van der Waals surface area contributed by atoms with Gasteiger partial charge in [0.2, 0.25) is 5.91 Å². The molecule has 7 nitrogen and oxygen atoms in total. The predicted octanol–water partition coefficient (Wildman–Crippen LogP) is 2.20. The van der Waals surface area contributed by atoms with E-state index in [1.165, 1.54) is 19.2 Å². The number of aromatic amines is 1. The van der Waals surface area contributed by atoms with Crippen molar-refractivity contribution in [2.45, 2.75) is 38.4 Å². The summed E-state index contributed by atoms with van der Waals surface area (Å²) in [5.41, 5.74) is 2.62. The molecule has 0 bridgehead atoms. The molecule has 2 aliphatic rings. The number of rotatable bonds is 5. The minimum Gasteiger partial charge on any atom is -0.469 e. The molecule has 3 heterocycles. The lowest BCUT2D eigenvalue weighted by atomic mass is 9.97. The van der Waals surface area contributed by atoms with Gasteiger partial charge in [0.05, 0.1) is 31.5 Å². The third-order valence-corrected chi connectivity index (χ3v) is 6.02. The van der Waals surface area contributed by atoms with Crippen molar-refractivity contribution >= 4 is 11.9 Å². The molecule has 0 unspecified atom stereocenters. The van der Waals surface area contributed by atoms with Crippen LogP contribution >= 0.6 is 0 Å². The zero-order valence-corrected chi connectivity index (χ0v) is 16.6. The van der Waals surface area contributed by atoms with E-state index in [2.05, 4.69) is 15.1 Å². The fourth-order valence-corrected chi connectivity index (χ4v) is 4.76. The summed E-state index contributed by atoms with van der Waals surface area (Å²) in [5, 5.41) is 7.12. The molecule has 0 radical (unpaired) electrons. The van der Waals surface area contributed by atoms with Gasteiger partial charge in [-0.1, -0.05) is 6.92 Å². The highest BCUT2D eigenvalue weighted by molar-refractivity contribution is 5.83. The number of esters is 1. The average Bonchev–Trinajstić information content (AvgIpc) is 3.32. The quantitative estimate of drug-likeness (QED) is 0.779. The minimum absolute atomic E-state index is 0.00599. The van der Waals surface area contributed by atoms with Crippen LogP contribution in [0.2, 0.25) is 0 Å². The summed E-state index contributed by atoms with van der Waals surface area (Å²) in [6, 6.07) is 6.16. The third kappa shape index (κ3) is 3.64. The summed E-state index contributed by atoms with van der Waals surface area (Å²) < 4.78 is 18.2. The molecule has 1 aromatic heterocycles. The second-order valence-electron chi connectivity index (χ2n) is 7.74. The number of aromatic nitrogens is 2. The Balaban J connectivity index is 1.51. The van der Waals surface area contributed by atoms with Gasteiger partial charge in [0, 0.05) is 36.3 Å². The normalized spacial score (nSPS) is 24.6. The molecular formula is C21H25FN4O3. The highest BCUT2D eigenvalue weighted by atomic mass is 19.1. The molecule has 2 aromatic rings. The van der Waals surface area contributed by atoms with Crippen molar-refractivity contribution in [3.05, 3.63) is 41.8 Å². The maximum atomic E-state index is 13.2. The zero-order chi connectivity index (χ0) is 20.5. The topological polar surface area (TPSA) is 78.5 Å². The molecule has 2 fully saturated rings. The van der Waals surface area contributed by atoms with Gasteiger partial charge in [0.25, 0.3) is 0 Å². The highest BCUT2D eigenvalue weighted by Gasteiger charge is 2.49. The summed E-state index contributed by atoms with van der Waals surface area (Å²) in [4.78, 5) is 29.1. The van der Waals surface area contributed by atoms with Crippen molar-refractivity contribution in [2.75, 3.05) is 20.2 Å². The molecule has 2 saturated heterocycles. The number of carbonyl (C=O) groups is 2. The van der Waals surface area contributed by atoms with Gasteiger partial charge in [-0.3, -0.25) is 19.6 Å². The first-order valence-electron chi connectivity index (χ1n) is 9.91. The monoisotopic (exact) mass is 400 g/mol. The molecule has 1 N–H and O–H groups in total. The second kappa shape index (κ2) is 7.94. The Labute approximate surface area is 168 Å². The number of methoxy groups -OCH3 is 1. The van der Waals surface area contributed by atoms with Gasteiger partial charge in [0.15, 0.2) is 0 Å². The largest absolute Gasteiger partial charge is 0.469 e. The maximum absolute atomic E-state index is 13.2. The molecule has 4 rings (SSSR count). The van der Waals surface area contributed by atoms with E-state index < -0.39 is 0 Å². The first-order chi connectivity index (χ1) is 14.0. The standard InChI is InChI=1S/C21H25FN4O3/c1-3-18-17(21(28)29-2)8-16-11-25(12-19(27)26(16)18)10-14-9-23-24-20(14)13-4-6-15(22)7-5-13/h4-7,9,16-18H,3,8,10-12H2,1-2H3,(H,23,24)/t16-,17-,18-/m0/s1. The van der Waals surface area contributed by atoms with Crippen molar-refractivity contribution in [2.24, 2.45) is 5.92 Å². The molecule has 0 saturated carbocycles. The summed E-state index contributed by atoms with van der Waals surface area (Å²) in [6.07, 6.45) is 3.11. The Morgan fingerprint density at radius 2 is 2.10 bits per heavy atom. The molecule has 1 amide bonds. The first-order valence-corrected chi connectivity index (χ1v) is 9.91. The molecular weight excluding hydrogens is 375 g/mol. The fraction of sp³-hybridized carbons (Fsp3) is 0.476. The van der Waals surface area contributed by atoms with Crippen LogP contribution in [-0.2, 0) is 20.9 Å². The number of ether oxygens (including phenoxy) is 1. The summed E-state index contributed by atoms with van der Waals surface area (Å²) in [5.74, 6) is -0.739. The number of piperazine rings is 1. The van der Waals surface area contributed by atoms with Gasteiger partial charge in [0.1, 0.15) is 5.82 Å². The number of H-pyrrole nitrogens is 1. The van der Waals surface area contributed by atoms with Crippen LogP contribution in [0.25, 0.3) is 11.3 Å². The van der Waals surface area contributed by atoms with Gasteiger partial charge < -0.3 is 9.64 Å². The van der Waals surface area contributed by atoms with Crippen LogP contribution in [0.3, 0.4) is 0 Å². The molecule has 0 aliphatic carbocycles. The number of hydrogen-bond donors (Lipinski definition) is 1. The van der Waals surface area contributed by atoms with E-state index in [4.69, 9.17) is 4.74 Å². The molecule has 1 aromatic carbocycles. The summed E-state index contributed by atoms with van der Waals surface area (Å²) in [7, 11) is 1.40. The maximum Gasteiger partial charge on any atom is 0.310 e. The van der Waals surface area contributed by atoms with E-state index in [-0.39, 0.29) is 35.7 Å². The van der Waals surface area contributed by atoms with E-state index in [0.717, 1.165) is 23.2 Å². The van der Waals surface area contributed by atoms with Crippen molar-refractivity contribution in [3.63, 3.8) is 0 Å². The second-order valence-corrected chi connectivity index (χ2v) is 7.74. The lowest BCUT2D eigenvalue weighted by molar-refractivity contribution is -0.147. The summed E-state index contributed by atoms with van der Waals surface area (Å²) in [6.45, 7) is 3.56. The van der Waals surface area contributed by atoms with E-state index in [9.17, 15) is 14.0 Å². The highest BCUT2D eigenvalue weighted by Crippen LogP contribution is 2.36. The van der Waals surface area contributed by atoms with Crippen LogP contribution in [-0.4, -0.2) is 64.2 Å². The van der Waals surface area contributed by atoms with Gasteiger partial charge in [-0.2, -0.15) is 5.10 Å². The van der Waals surface area contributed by atoms with E-state index >= 15 is 0 Å².